The van der Waals surface area contributed by atoms with Crippen molar-refractivity contribution in [2.45, 2.75) is 13.0 Å². The number of nitrogens with one attached hydrogen (secondary N) is 1. The summed E-state index contributed by atoms with van der Waals surface area (Å²) in [6.07, 6.45) is 1.70. The molecule has 4 aromatic rings. The molecule has 0 aliphatic carbocycles. The van der Waals surface area contributed by atoms with Gasteiger partial charge in [-0.15, -0.1) is 0 Å². The predicted octanol–water partition coefficient (Wildman–Crippen LogP) is 3.67. The molecule has 2 heterocycles. The van der Waals surface area contributed by atoms with Crippen LogP contribution in [0.4, 0.5) is 5.69 Å². The van der Waals surface area contributed by atoms with Crippen LogP contribution in [0.1, 0.15) is 13.0 Å². The maximum Gasteiger partial charge on any atom is 0.267 e. The van der Waals surface area contributed by atoms with Crippen LogP contribution in [0.25, 0.3) is 22.2 Å². The monoisotopic (exact) mass is 400 g/mol. The summed E-state index contributed by atoms with van der Waals surface area (Å²) in [7, 11) is 1.60. The maximum atomic E-state index is 12.9. The SMILES string of the molecule is COc1ccc(-c2ccc(=O)n(C(C)C(=O)Nc3cccc4ncccc34)n2)cc1. The van der Waals surface area contributed by atoms with Crippen LogP contribution in [-0.2, 0) is 4.79 Å². The zero-order valence-electron chi connectivity index (χ0n) is 16.6. The summed E-state index contributed by atoms with van der Waals surface area (Å²) in [6, 6.07) is 18.8. The highest BCUT2D eigenvalue weighted by molar-refractivity contribution is 6.02. The van der Waals surface area contributed by atoms with Gasteiger partial charge in [0.15, 0.2) is 0 Å². The van der Waals surface area contributed by atoms with Gasteiger partial charge in [0.25, 0.3) is 5.56 Å². The first-order valence-electron chi connectivity index (χ1n) is 9.46. The first-order chi connectivity index (χ1) is 14.6. The summed E-state index contributed by atoms with van der Waals surface area (Å²) >= 11 is 0. The number of amides is 1. The van der Waals surface area contributed by atoms with Gasteiger partial charge in [-0.3, -0.25) is 14.6 Å². The average molecular weight is 400 g/mol. The Kier molecular flexibility index (Phi) is 5.26. The van der Waals surface area contributed by atoms with E-state index < -0.39 is 6.04 Å². The van der Waals surface area contributed by atoms with E-state index in [0.717, 1.165) is 22.2 Å². The Labute approximate surface area is 173 Å². The van der Waals surface area contributed by atoms with Gasteiger partial charge in [0.1, 0.15) is 11.8 Å². The Hall–Kier alpha value is -4.00. The van der Waals surface area contributed by atoms with E-state index in [1.165, 1.54) is 10.7 Å². The van der Waals surface area contributed by atoms with Gasteiger partial charge in [-0.25, -0.2) is 4.68 Å². The van der Waals surface area contributed by atoms with Crippen molar-refractivity contribution in [2.24, 2.45) is 0 Å². The second-order valence-electron chi connectivity index (χ2n) is 6.77. The van der Waals surface area contributed by atoms with Crippen LogP contribution >= 0.6 is 0 Å². The summed E-state index contributed by atoms with van der Waals surface area (Å²) in [5, 5.41) is 8.13. The lowest BCUT2D eigenvalue weighted by Gasteiger charge is -2.16. The summed E-state index contributed by atoms with van der Waals surface area (Å²) in [5.41, 5.74) is 2.47. The van der Waals surface area contributed by atoms with Crippen LogP contribution < -0.4 is 15.6 Å². The molecule has 2 aromatic carbocycles. The normalized spacial score (nSPS) is 11.8. The molecule has 1 amide bonds. The number of rotatable bonds is 5. The number of hydrogen-bond donors (Lipinski definition) is 1. The molecule has 1 N–H and O–H groups in total. The minimum Gasteiger partial charge on any atom is -0.497 e. The minimum atomic E-state index is -0.803. The van der Waals surface area contributed by atoms with E-state index in [-0.39, 0.29) is 11.5 Å². The summed E-state index contributed by atoms with van der Waals surface area (Å²) < 4.78 is 6.36. The molecular formula is C23H20N4O3. The lowest BCUT2D eigenvalue weighted by atomic mass is 10.1. The van der Waals surface area contributed by atoms with E-state index >= 15 is 0 Å². The fourth-order valence-corrected chi connectivity index (χ4v) is 3.18. The number of pyridine rings is 1. The zero-order chi connectivity index (χ0) is 21.1. The maximum absolute atomic E-state index is 12.9. The van der Waals surface area contributed by atoms with Crippen LogP contribution in [0.3, 0.4) is 0 Å². The first-order valence-corrected chi connectivity index (χ1v) is 9.46. The molecule has 7 nitrogen and oxygen atoms in total. The second kappa shape index (κ2) is 8.16. The highest BCUT2D eigenvalue weighted by Gasteiger charge is 2.19. The number of carbonyl (C=O) groups excluding carboxylic acids is 1. The first kappa shape index (κ1) is 19.3. The zero-order valence-corrected chi connectivity index (χ0v) is 16.6. The molecule has 30 heavy (non-hydrogen) atoms. The number of nitrogens with zero attached hydrogens (tertiary/aromatic N) is 3. The Bertz CT molecular complexity index is 1260. The van der Waals surface area contributed by atoms with Gasteiger partial charge >= 0.3 is 0 Å². The van der Waals surface area contributed by atoms with E-state index in [1.807, 2.05) is 48.5 Å². The Morgan fingerprint density at radius 3 is 2.60 bits per heavy atom. The van der Waals surface area contributed by atoms with Crippen molar-refractivity contribution in [3.8, 4) is 17.0 Å². The van der Waals surface area contributed by atoms with E-state index in [0.29, 0.717) is 11.4 Å². The van der Waals surface area contributed by atoms with Crippen molar-refractivity contribution < 1.29 is 9.53 Å². The Morgan fingerprint density at radius 1 is 1.03 bits per heavy atom. The third-order valence-electron chi connectivity index (χ3n) is 4.86. The molecule has 4 rings (SSSR count). The van der Waals surface area contributed by atoms with E-state index in [1.54, 1.807) is 32.4 Å². The molecule has 0 spiro atoms. The number of hydrogen-bond acceptors (Lipinski definition) is 5. The van der Waals surface area contributed by atoms with Crippen LogP contribution in [0, 0.1) is 0 Å². The summed E-state index contributed by atoms with van der Waals surface area (Å²) in [5.74, 6) is 0.386. The van der Waals surface area contributed by atoms with Crippen molar-refractivity contribution in [3.05, 3.63) is 83.3 Å². The van der Waals surface area contributed by atoms with Crippen molar-refractivity contribution in [1.82, 2.24) is 14.8 Å². The molecule has 0 fully saturated rings. The standard InChI is InChI=1S/C23H20N4O3/c1-15(23(29)25-21-7-3-6-20-18(21)5-4-14-24-20)27-22(28)13-12-19(26-27)16-8-10-17(30-2)11-9-16/h3-15H,1-2H3,(H,25,29). The molecule has 0 saturated heterocycles. The molecule has 7 heteroatoms. The molecule has 2 aromatic heterocycles. The second-order valence-corrected chi connectivity index (χ2v) is 6.77. The van der Waals surface area contributed by atoms with Crippen LogP contribution in [0.2, 0.25) is 0 Å². The van der Waals surface area contributed by atoms with Crippen LogP contribution in [0.5, 0.6) is 5.75 Å². The molecule has 150 valence electrons. The number of benzene rings is 2. The van der Waals surface area contributed by atoms with Gasteiger partial charge in [0.05, 0.1) is 24.0 Å². The van der Waals surface area contributed by atoms with Crippen molar-refractivity contribution in [1.29, 1.82) is 0 Å². The fourth-order valence-electron chi connectivity index (χ4n) is 3.18. The highest BCUT2D eigenvalue weighted by Crippen LogP contribution is 2.23. The third kappa shape index (κ3) is 3.77. The molecular weight excluding hydrogens is 380 g/mol. The number of aromatic nitrogens is 3. The van der Waals surface area contributed by atoms with E-state index in [2.05, 4.69) is 15.4 Å². The van der Waals surface area contributed by atoms with Gasteiger partial charge in [0, 0.05) is 23.2 Å². The van der Waals surface area contributed by atoms with Gasteiger partial charge in [-0.2, -0.15) is 5.10 Å². The molecule has 0 radical (unpaired) electrons. The third-order valence-corrected chi connectivity index (χ3v) is 4.86. The summed E-state index contributed by atoms with van der Waals surface area (Å²) in [6.45, 7) is 1.64. The largest absolute Gasteiger partial charge is 0.497 e. The number of ether oxygens (including phenoxy) is 1. The number of methoxy groups -OCH3 is 1. The lowest BCUT2D eigenvalue weighted by Crippen LogP contribution is -2.33. The van der Waals surface area contributed by atoms with Gasteiger partial charge in [-0.1, -0.05) is 6.07 Å². The summed E-state index contributed by atoms with van der Waals surface area (Å²) in [4.78, 5) is 29.6. The van der Waals surface area contributed by atoms with Crippen molar-refractivity contribution in [3.63, 3.8) is 0 Å². The fraction of sp³-hybridized carbons (Fsp3) is 0.130. The van der Waals surface area contributed by atoms with Crippen LogP contribution in [0.15, 0.2) is 77.7 Å². The Balaban J connectivity index is 1.62. The van der Waals surface area contributed by atoms with Gasteiger partial charge in [-0.05, 0) is 61.5 Å². The van der Waals surface area contributed by atoms with Gasteiger partial charge < -0.3 is 10.1 Å². The molecule has 1 atom stereocenters. The molecule has 0 aliphatic rings. The number of anilines is 1. The van der Waals surface area contributed by atoms with E-state index in [4.69, 9.17) is 4.74 Å². The molecule has 0 aliphatic heterocycles. The van der Waals surface area contributed by atoms with Crippen LogP contribution in [-0.4, -0.2) is 27.8 Å². The number of carbonyl (C=O) groups is 1. The topological polar surface area (TPSA) is 86.1 Å². The lowest BCUT2D eigenvalue weighted by molar-refractivity contribution is -0.119. The Morgan fingerprint density at radius 2 is 1.83 bits per heavy atom. The quantitative estimate of drug-likeness (QED) is 0.552. The van der Waals surface area contributed by atoms with E-state index in [9.17, 15) is 9.59 Å². The minimum absolute atomic E-state index is 0.340. The average Bonchev–Trinajstić information content (AvgIpc) is 2.79. The van der Waals surface area contributed by atoms with Gasteiger partial charge in [0.2, 0.25) is 5.91 Å². The molecule has 1 unspecified atom stereocenters. The predicted molar refractivity (Wildman–Crippen MR) is 116 cm³/mol. The molecule has 0 saturated carbocycles. The molecule has 0 bridgehead atoms. The smallest absolute Gasteiger partial charge is 0.267 e. The highest BCUT2D eigenvalue weighted by atomic mass is 16.5. The number of fused-ring (bicyclic) bond motifs is 1. The van der Waals surface area contributed by atoms with Crippen molar-refractivity contribution >= 4 is 22.5 Å². The van der Waals surface area contributed by atoms with Crippen molar-refractivity contribution in [2.75, 3.05) is 12.4 Å².